The first-order valence-electron chi connectivity index (χ1n) is 10.7. The van der Waals surface area contributed by atoms with Gasteiger partial charge in [-0.05, 0) is 90.3 Å². The Balaban J connectivity index is 1.46. The third kappa shape index (κ3) is 5.88. The summed E-state index contributed by atoms with van der Waals surface area (Å²) in [5.74, 6) is 0.817. The molecule has 4 rings (SSSR count). The molecule has 1 fully saturated rings. The van der Waals surface area contributed by atoms with Gasteiger partial charge in [-0.1, -0.05) is 12.1 Å². The van der Waals surface area contributed by atoms with Crippen LogP contribution in [0.3, 0.4) is 0 Å². The van der Waals surface area contributed by atoms with Crippen LogP contribution in [-0.4, -0.2) is 23.1 Å². The van der Waals surface area contributed by atoms with E-state index in [0.29, 0.717) is 21.6 Å². The first-order valence-corrected chi connectivity index (χ1v) is 11.5. The van der Waals surface area contributed by atoms with Crippen molar-refractivity contribution in [3.05, 3.63) is 97.9 Å². The third-order valence-electron chi connectivity index (χ3n) is 5.40. The van der Waals surface area contributed by atoms with Crippen LogP contribution in [0.1, 0.15) is 22.3 Å². The molecule has 1 aliphatic heterocycles. The topological polar surface area (TPSA) is 103 Å². The van der Waals surface area contributed by atoms with Crippen molar-refractivity contribution < 1.29 is 19.2 Å². The molecule has 1 saturated heterocycles. The van der Waals surface area contributed by atoms with Gasteiger partial charge in [0.2, 0.25) is 0 Å². The van der Waals surface area contributed by atoms with Crippen LogP contribution in [0, 0.1) is 24.0 Å². The van der Waals surface area contributed by atoms with Gasteiger partial charge in [0.1, 0.15) is 6.61 Å². The van der Waals surface area contributed by atoms with Crippen molar-refractivity contribution in [3.8, 4) is 11.5 Å². The number of nitro groups is 1. The maximum Gasteiger partial charge on any atom is 0.269 e. The molecule has 178 valence electrons. The average Bonchev–Trinajstić information content (AvgIpc) is 3.18. The number of aliphatic imine (C=N–C) groups is 1. The number of non-ortho nitro benzene ring substituents is 1. The van der Waals surface area contributed by atoms with Crippen molar-refractivity contribution in [2.45, 2.75) is 20.5 Å². The summed E-state index contributed by atoms with van der Waals surface area (Å²) in [5.41, 5.74) is 4.70. The Labute approximate surface area is 206 Å². The van der Waals surface area contributed by atoms with E-state index in [4.69, 9.17) is 9.47 Å². The van der Waals surface area contributed by atoms with Gasteiger partial charge in [-0.15, -0.1) is 0 Å². The van der Waals surface area contributed by atoms with Crippen molar-refractivity contribution in [2.75, 3.05) is 7.11 Å². The molecule has 1 aliphatic rings. The Kier molecular flexibility index (Phi) is 7.17. The number of hydrogen-bond donors (Lipinski definition) is 1. The van der Waals surface area contributed by atoms with Gasteiger partial charge in [0.05, 0.1) is 22.6 Å². The minimum absolute atomic E-state index is 0.0275. The van der Waals surface area contributed by atoms with Gasteiger partial charge in [0.15, 0.2) is 16.7 Å². The number of nitrogens with one attached hydrogen (secondary N) is 1. The lowest BCUT2D eigenvalue weighted by Crippen LogP contribution is -2.19. The number of carbonyl (C=O) groups is 1. The molecule has 1 N–H and O–H groups in total. The smallest absolute Gasteiger partial charge is 0.269 e. The van der Waals surface area contributed by atoms with Gasteiger partial charge in [0, 0.05) is 12.1 Å². The van der Waals surface area contributed by atoms with E-state index in [2.05, 4.69) is 10.3 Å². The Morgan fingerprint density at radius 2 is 1.80 bits per heavy atom. The maximum absolute atomic E-state index is 12.5. The van der Waals surface area contributed by atoms with Gasteiger partial charge in [-0.3, -0.25) is 14.9 Å². The number of methoxy groups -OCH3 is 1. The van der Waals surface area contributed by atoms with Gasteiger partial charge >= 0.3 is 0 Å². The Morgan fingerprint density at radius 3 is 2.49 bits per heavy atom. The van der Waals surface area contributed by atoms with Gasteiger partial charge in [-0.2, -0.15) is 0 Å². The number of ether oxygens (including phenoxy) is 2. The second-order valence-electron chi connectivity index (χ2n) is 7.87. The Morgan fingerprint density at radius 1 is 1.03 bits per heavy atom. The number of aryl methyl sites for hydroxylation is 2. The monoisotopic (exact) mass is 489 g/mol. The number of nitro benzene ring substituents is 1. The van der Waals surface area contributed by atoms with Crippen LogP contribution < -0.4 is 14.8 Å². The molecule has 0 aromatic heterocycles. The Bertz CT molecular complexity index is 1350. The highest BCUT2D eigenvalue weighted by atomic mass is 32.2. The predicted molar refractivity (Wildman–Crippen MR) is 137 cm³/mol. The van der Waals surface area contributed by atoms with E-state index in [0.717, 1.165) is 22.4 Å². The lowest BCUT2D eigenvalue weighted by molar-refractivity contribution is -0.384. The predicted octanol–water partition coefficient (Wildman–Crippen LogP) is 5.69. The number of benzene rings is 3. The lowest BCUT2D eigenvalue weighted by Gasteiger charge is -2.11. The summed E-state index contributed by atoms with van der Waals surface area (Å²) in [6, 6.07) is 17.5. The molecule has 0 spiro atoms. The highest BCUT2D eigenvalue weighted by molar-refractivity contribution is 8.18. The molecule has 1 amide bonds. The molecular formula is C26H23N3O5S. The maximum atomic E-state index is 12.5. The number of thioether (sulfide) groups is 1. The van der Waals surface area contributed by atoms with Crippen LogP contribution in [0.25, 0.3) is 6.08 Å². The fraction of sp³-hybridized carbons (Fsp3) is 0.154. The van der Waals surface area contributed by atoms with Gasteiger partial charge in [-0.25, -0.2) is 4.99 Å². The van der Waals surface area contributed by atoms with Crippen molar-refractivity contribution in [1.82, 2.24) is 5.32 Å². The zero-order valence-electron chi connectivity index (χ0n) is 19.4. The van der Waals surface area contributed by atoms with Gasteiger partial charge < -0.3 is 14.8 Å². The molecule has 0 bridgehead atoms. The van der Waals surface area contributed by atoms with E-state index in [1.165, 1.54) is 36.6 Å². The zero-order chi connectivity index (χ0) is 24.9. The van der Waals surface area contributed by atoms with E-state index >= 15 is 0 Å². The molecule has 9 heteroatoms. The molecule has 8 nitrogen and oxygen atoms in total. The highest BCUT2D eigenvalue weighted by Crippen LogP contribution is 2.33. The molecule has 35 heavy (non-hydrogen) atoms. The van der Waals surface area contributed by atoms with Crippen LogP contribution in [0.15, 0.2) is 70.6 Å². The summed E-state index contributed by atoms with van der Waals surface area (Å²) in [6.07, 6.45) is 1.77. The standard InChI is InChI=1S/C26H23N3O5S/c1-16-4-8-20(12-17(16)2)27-26-28-25(30)24(35-26)14-19-7-11-22(23(13-19)33-3)34-15-18-5-9-21(10-6-18)29(31)32/h4-14H,15H2,1-3H3,(H,27,28,30)/b24-14+. The normalized spacial score (nSPS) is 15.3. The highest BCUT2D eigenvalue weighted by Gasteiger charge is 2.24. The fourth-order valence-electron chi connectivity index (χ4n) is 3.31. The molecule has 0 aliphatic carbocycles. The minimum atomic E-state index is -0.442. The molecule has 0 radical (unpaired) electrons. The first kappa shape index (κ1) is 24.0. The zero-order valence-corrected chi connectivity index (χ0v) is 20.2. The van der Waals surface area contributed by atoms with Crippen molar-refractivity contribution in [1.29, 1.82) is 0 Å². The molecule has 0 unspecified atom stereocenters. The second-order valence-corrected chi connectivity index (χ2v) is 8.90. The molecule has 3 aromatic carbocycles. The van der Waals surface area contributed by atoms with Crippen LogP contribution in [0.4, 0.5) is 11.4 Å². The first-order chi connectivity index (χ1) is 16.8. The van der Waals surface area contributed by atoms with Crippen LogP contribution in [0.5, 0.6) is 11.5 Å². The molecule has 3 aromatic rings. The summed E-state index contributed by atoms with van der Waals surface area (Å²) >= 11 is 1.28. The largest absolute Gasteiger partial charge is 0.493 e. The van der Waals surface area contributed by atoms with E-state index in [1.54, 1.807) is 30.3 Å². The Hall–Kier alpha value is -4.11. The molecular weight excluding hydrogens is 466 g/mol. The number of nitrogens with zero attached hydrogens (tertiary/aromatic N) is 2. The van der Waals surface area contributed by atoms with Crippen molar-refractivity contribution in [2.24, 2.45) is 4.99 Å². The summed E-state index contributed by atoms with van der Waals surface area (Å²) in [5, 5.41) is 14.1. The van der Waals surface area contributed by atoms with Gasteiger partial charge in [0.25, 0.3) is 11.6 Å². The lowest BCUT2D eigenvalue weighted by atomic mass is 10.1. The van der Waals surface area contributed by atoms with E-state index in [-0.39, 0.29) is 18.2 Å². The molecule has 0 saturated carbocycles. The second kappa shape index (κ2) is 10.4. The summed E-state index contributed by atoms with van der Waals surface area (Å²) < 4.78 is 11.3. The number of rotatable bonds is 7. The van der Waals surface area contributed by atoms with Crippen LogP contribution >= 0.6 is 11.8 Å². The summed E-state index contributed by atoms with van der Waals surface area (Å²) in [7, 11) is 1.54. The number of amides is 1. The van der Waals surface area contributed by atoms with Crippen molar-refractivity contribution >= 4 is 40.3 Å². The average molecular weight is 490 g/mol. The quantitative estimate of drug-likeness (QED) is 0.260. The number of hydrogen-bond acceptors (Lipinski definition) is 7. The number of carbonyl (C=O) groups excluding carboxylic acids is 1. The van der Waals surface area contributed by atoms with Crippen LogP contribution in [-0.2, 0) is 11.4 Å². The van der Waals surface area contributed by atoms with E-state index in [1.807, 2.05) is 38.1 Å². The summed E-state index contributed by atoms with van der Waals surface area (Å²) in [4.78, 5) is 27.9. The van der Waals surface area contributed by atoms with Crippen molar-refractivity contribution in [3.63, 3.8) is 0 Å². The van der Waals surface area contributed by atoms with E-state index in [9.17, 15) is 14.9 Å². The number of amidine groups is 1. The third-order valence-corrected chi connectivity index (χ3v) is 6.31. The minimum Gasteiger partial charge on any atom is -0.493 e. The summed E-state index contributed by atoms with van der Waals surface area (Å²) in [6.45, 7) is 4.29. The SMILES string of the molecule is COc1cc(/C=C2/SC(=Nc3ccc(C)c(C)c3)NC2=O)ccc1OCc1ccc([N+](=O)[O-])cc1. The molecule has 1 heterocycles. The fourth-order valence-corrected chi connectivity index (χ4v) is 4.15. The van der Waals surface area contributed by atoms with Crippen LogP contribution in [0.2, 0.25) is 0 Å². The van der Waals surface area contributed by atoms with E-state index < -0.39 is 4.92 Å². The molecule has 0 atom stereocenters.